The number of rotatable bonds is 6. The lowest BCUT2D eigenvalue weighted by Gasteiger charge is -2.21. The molecule has 2 heterocycles. The van der Waals surface area contributed by atoms with Gasteiger partial charge in [0.1, 0.15) is 10.7 Å². The summed E-state index contributed by atoms with van der Waals surface area (Å²) in [4.78, 5) is 0.906. The van der Waals surface area contributed by atoms with Crippen LogP contribution in [-0.2, 0) is 23.1 Å². The Hall–Kier alpha value is -1.31. The summed E-state index contributed by atoms with van der Waals surface area (Å²) in [5.41, 5.74) is 0. The Morgan fingerprint density at radius 3 is 2.54 bits per heavy atom. The van der Waals surface area contributed by atoms with Crippen molar-refractivity contribution in [2.24, 2.45) is 0 Å². The van der Waals surface area contributed by atoms with Gasteiger partial charge in [-0.3, -0.25) is 0 Å². The highest BCUT2D eigenvalue weighted by molar-refractivity contribution is 7.89. The molecule has 0 fully saturated rings. The van der Waals surface area contributed by atoms with Crippen molar-refractivity contribution in [3.05, 3.63) is 74.8 Å². The van der Waals surface area contributed by atoms with Crippen molar-refractivity contribution in [3.8, 4) is 0 Å². The van der Waals surface area contributed by atoms with E-state index in [1.54, 1.807) is 24.3 Å². The highest BCUT2D eigenvalue weighted by Gasteiger charge is 2.29. The molecule has 1 aromatic carbocycles. The van der Waals surface area contributed by atoms with E-state index in [9.17, 15) is 8.42 Å². The summed E-state index contributed by atoms with van der Waals surface area (Å²) in [5.74, 6) is 0.549. The number of hydrogen-bond acceptors (Lipinski definition) is 4. The minimum atomic E-state index is -3.84. The topological polar surface area (TPSA) is 50.5 Å². The molecule has 126 valence electrons. The summed E-state index contributed by atoms with van der Waals surface area (Å²) in [7, 11) is -3.84. The lowest BCUT2D eigenvalue weighted by atomic mass is 10.4. The maximum Gasteiger partial charge on any atom is 0.245 e. The first-order chi connectivity index (χ1) is 11.5. The molecule has 0 bridgehead atoms. The zero-order valence-electron chi connectivity index (χ0n) is 12.4. The predicted octanol–water partition coefficient (Wildman–Crippen LogP) is 5.04. The maximum atomic E-state index is 13.1. The molecule has 0 atom stereocenters. The second-order valence-electron chi connectivity index (χ2n) is 4.98. The van der Waals surface area contributed by atoms with Crippen LogP contribution in [0.15, 0.2) is 63.4 Å². The first-order valence-electron chi connectivity index (χ1n) is 6.97. The number of benzene rings is 1. The highest BCUT2D eigenvalue weighted by atomic mass is 35.5. The summed E-state index contributed by atoms with van der Waals surface area (Å²) < 4.78 is 32.8. The smallest absolute Gasteiger partial charge is 0.245 e. The van der Waals surface area contributed by atoms with Gasteiger partial charge >= 0.3 is 0 Å². The van der Waals surface area contributed by atoms with Crippen LogP contribution in [0.2, 0.25) is 10.0 Å². The molecule has 0 radical (unpaired) electrons. The van der Waals surface area contributed by atoms with E-state index in [4.69, 9.17) is 27.6 Å². The fourth-order valence-corrected chi connectivity index (χ4v) is 5.12. The van der Waals surface area contributed by atoms with Crippen LogP contribution in [0.1, 0.15) is 10.6 Å². The first-order valence-corrected chi connectivity index (χ1v) is 10.0. The number of hydrogen-bond donors (Lipinski definition) is 0. The number of thiophene rings is 1. The van der Waals surface area contributed by atoms with Gasteiger partial charge in [-0.05, 0) is 35.7 Å². The molecule has 3 aromatic rings. The zero-order chi connectivity index (χ0) is 17.2. The number of furan rings is 1. The zero-order valence-corrected chi connectivity index (χ0v) is 15.5. The molecular weight excluding hydrogens is 389 g/mol. The molecule has 0 saturated heterocycles. The van der Waals surface area contributed by atoms with Crippen LogP contribution >= 0.6 is 34.5 Å². The third-order valence-corrected chi connectivity index (χ3v) is 6.98. The predicted molar refractivity (Wildman–Crippen MR) is 95.9 cm³/mol. The number of sulfonamides is 1. The van der Waals surface area contributed by atoms with Crippen molar-refractivity contribution in [2.75, 3.05) is 0 Å². The molecule has 0 aliphatic rings. The fourth-order valence-electron chi connectivity index (χ4n) is 2.20. The van der Waals surface area contributed by atoms with E-state index in [1.165, 1.54) is 28.0 Å². The Bertz CT molecular complexity index is 871. The Morgan fingerprint density at radius 2 is 1.88 bits per heavy atom. The molecule has 0 unspecified atom stereocenters. The van der Waals surface area contributed by atoms with Gasteiger partial charge in [-0.15, -0.1) is 11.3 Å². The third-order valence-electron chi connectivity index (χ3n) is 3.36. The van der Waals surface area contributed by atoms with Crippen LogP contribution in [0.25, 0.3) is 0 Å². The van der Waals surface area contributed by atoms with Gasteiger partial charge < -0.3 is 4.42 Å². The summed E-state index contributed by atoms with van der Waals surface area (Å²) in [6.07, 6.45) is 1.51. The summed E-state index contributed by atoms with van der Waals surface area (Å²) in [6.45, 7) is 0.333. The van der Waals surface area contributed by atoms with Crippen LogP contribution in [0.5, 0.6) is 0 Å². The first kappa shape index (κ1) is 17.5. The van der Waals surface area contributed by atoms with Gasteiger partial charge in [0, 0.05) is 11.4 Å². The summed E-state index contributed by atoms with van der Waals surface area (Å²) >= 11 is 13.6. The molecular formula is C16H13Cl2NO3S2. The monoisotopic (exact) mass is 401 g/mol. The highest BCUT2D eigenvalue weighted by Crippen LogP contribution is 2.32. The van der Waals surface area contributed by atoms with E-state index in [0.717, 1.165) is 4.88 Å². The van der Waals surface area contributed by atoms with E-state index in [1.807, 2.05) is 17.5 Å². The Labute approximate surface area is 154 Å². The maximum absolute atomic E-state index is 13.1. The van der Waals surface area contributed by atoms with E-state index >= 15 is 0 Å². The third kappa shape index (κ3) is 3.68. The Morgan fingerprint density at radius 1 is 1.04 bits per heavy atom. The van der Waals surface area contributed by atoms with Crippen LogP contribution in [0.4, 0.5) is 0 Å². The minimum Gasteiger partial charge on any atom is -0.468 e. The number of halogens is 2. The standard InChI is InChI=1S/C16H13Cl2NO3S2/c17-14-6-1-7-15(16(14)18)24(20,21)19(10-12-4-2-8-22-12)11-13-5-3-9-23-13/h1-9H,10-11H2. The van der Waals surface area contributed by atoms with Gasteiger partial charge in [-0.1, -0.05) is 35.3 Å². The van der Waals surface area contributed by atoms with Crippen molar-refractivity contribution in [1.29, 1.82) is 0 Å². The quantitative estimate of drug-likeness (QED) is 0.581. The van der Waals surface area contributed by atoms with E-state index in [-0.39, 0.29) is 28.0 Å². The van der Waals surface area contributed by atoms with Crippen molar-refractivity contribution < 1.29 is 12.8 Å². The van der Waals surface area contributed by atoms with Crippen molar-refractivity contribution in [3.63, 3.8) is 0 Å². The van der Waals surface area contributed by atoms with Crippen LogP contribution in [0, 0.1) is 0 Å². The van der Waals surface area contributed by atoms with Gasteiger partial charge in [-0.25, -0.2) is 8.42 Å². The van der Waals surface area contributed by atoms with Crippen LogP contribution in [-0.4, -0.2) is 12.7 Å². The molecule has 24 heavy (non-hydrogen) atoms. The molecule has 0 saturated carbocycles. The Balaban J connectivity index is 2.01. The van der Waals surface area contributed by atoms with Gasteiger partial charge in [0.2, 0.25) is 10.0 Å². The van der Waals surface area contributed by atoms with Crippen molar-refractivity contribution >= 4 is 44.6 Å². The average Bonchev–Trinajstić information content (AvgIpc) is 3.23. The minimum absolute atomic E-state index is 0.0141. The molecule has 4 nitrogen and oxygen atoms in total. The van der Waals surface area contributed by atoms with E-state index in [2.05, 4.69) is 0 Å². The van der Waals surface area contributed by atoms with Gasteiger partial charge in [0.05, 0.1) is 22.9 Å². The van der Waals surface area contributed by atoms with Crippen LogP contribution in [0.3, 0.4) is 0 Å². The molecule has 0 aliphatic carbocycles. The number of nitrogens with zero attached hydrogens (tertiary/aromatic N) is 1. The van der Waals surface area contributed by atoms with Crippen LogP contribution < -0.4 is 0 Å². The Kier molecular flexibility index (Phi) is 5.32. The summed E-state index contributed by atoms with van der Waals surface area (Å²) in [5, 5.41) is 2.13. The molecule has 8 heteroatoms. The molecule has 2 aromatic heterocycles. The molecule has 0 aliphatic heterocycles. The van der Waals surface area contributed by atoms with Gasteiger partial charge in [-0.2, -0.15) is 4.31 Å². The average molecular weight is 402 g/mol. The fraction of sp³-hybridized carbons (Fsp3) is 0.125. The van der Waals surface area contributed by atoms with E-state index < -0.39 is 10.0 Å². The van der Waals surface area contributed by atoms with E-state index in [0.29, 0.717) is 5.76 Å². The van der Waals surface area contributed by atoms with Crippen molar-refractivity contribution in [2.45, 2.75) is 18.0 Å². The van der Waals surface area contributed by atoms with Crippen molar-refractivity contribution in [1.82, 2.24) is 4.31 Å². The lowest BCUT2D eigenvalue weighted by Crippen LogP contribution is -2.30. The molecule has 0 amide bonds. The van der Waals surface area contributed by atoms with Gasteiger partial charge in [0.25, 0.3) is 0 Å². The summed E-state index contributed by atoms with van der Waals surface area (Å²) in [6, 6.07) is 11.8. The lowest BCUT2D eigenvalue weighted by molar-refractivity contribution is 0.360. The molecule has 0 N–H and O–H groups in total. The second-order valence-corrected chi connectivity index (χ2v) is 8.71. The molecule has 0 spiro atoms. The SMILES string of the molecule is O=S(=O)(c1cccc(Cl)c1Cl)N(Cc1ccco1)Cc1cccs1. The van der Waals surface area contributed by atoms with Gasteiger partial charge in [0.15, 0.2) is 0 Å². The normalized spacial score (nSPS) is 12.0. The largest absolute Gasteiger partial charge is 0.468 e. The molecule has 3 rings (SSSR count). The second kappa shape index (κ2) is 7.29.